The molecule has 1 fully saturated rings. The van der Waals surface area contributed by atoms with Gasteiger partial charge in [-0.1, -0.05) is 6.07 Å². The molecule has 25 heavy (non-hydrogen) atoms. The van der Waals surface area contributed by atoms with Crippen LogP contribution in [0.4, 0.5) is 24.8 Å². The fourth-order valence-electron chi connectivity index (χ4n) is 3.09. The lowest BCUT2D eigenvalue weighted by Gasteiger charge is -2.37. The normalized spacial score (nSPS) is 16.1. The molecule has 0 spiro atoms. The highest BCUT2D eigenvalue weighted by atomic mass is 19.4. The summed E-state index contributed by atoms with van der Waals surface area (Å²) in [6.07, 6.45) is -1.04. The molecule has 1 aliphatic rings. The molecule has 0 saturated carbocycles. The SMILES string of the molecule is Cc1nc(N2CCC(N(C)c3ccccn3)CC2)cc(C(F)(F)F)n1. The molecule has 1 aliphatic heterocycles. The van der Waals surface area contributed by atoms with E-state index in [4.69, 9.17) is 0 Å². The van der Waals surface area contributed by atoms with Gasteiger partial charge in [-0.3, -0.25) is 0 Å². The minimum atomic E-state index is -4.46. The zero-order valence-corrected chi connectivity index (χ0v) is 14.2. The van der Waals surface area contributed by atoms with E-state index in [1.165, 1.54) is 6.92 Å². The van der Waals surface area contributed by atoms with Crippen LogP contribution in [0.3, 0.4) is 0 Å². The Bertz CT molecular complexity index is 712. The van der Waals surface area contributed by atoms with Crippen molar-refractivity contribution >= 4 is 11.6 Å². The maximum absolute atomic E-state index is 12.9. The Kier molecular flexibility index (Phi) is 4.78. The number of aromatic nitrogens is 3. The molecular formula is C17H20F3N5. The molecular weight excluding hydrogens is 331 g/mol. The molecule has 0 aliphatic carbocycles. The molecule has 0 amide bonds. The zero-order chi connectivity index (χ0) is 18.0. The molecule has 1 saturated heterocycles. The highest BCUT2D eigenvalue weighted by Crippen LogP contribution is 2.31. The molecule has 2 aromatic rings. The average Bonchev–Trinajstić information content (AvgIpc) is 2.61. The molecule has 0 radical (unpaired) electrons. The minimum Gasteiger partial charge on any atom is -0.357 e. The standard InChI is InChI=1S/C17H20F3N5/c1-12-22-14(17(18,19)20)11-16(23-12)25-9-6-13(7-10-25)24(2)15-5-3-4-8-21-15/h3-5,8,11,13H,6-7,9-10H2,1-2H3. The van der Waals surface area contributed by atoms with Crippen molar-refractivity contribution in [3.05, 3.63) is 42.0 Å². The second kappa shape index (κ2) is 6.85. The number of nitrogens with zero attached hydrogens (tertiary/aromatic N) is 5. The van der Waals surface area contributed by atoms with Gasteiger partial charge in [0.25, 0.3) is 0 Å². The lowest BCUT2D eigenvalue weighted by molar-refractivity contribution is -0.141. The quantitative estimate of drug-likeness (QED) is 0.849. The smallest absolute Gasteiger partial charge is 0.357 e. The summed E-state index contributed by atoms with van der Waals surface area (Å²) < 4.78 is 38.8. The molecule has 0 unspecified atom stereocenters. The Balaban J connectivity index is 1.69. The number of aryl methyl sites for hydroxylation is 1. The summed E-state index contributed by atoms with van der Waals surface area (Å²) in [4.78, 5) is 16.1. The van der Waals surface area contributed by atoms with Crippen LogP contribution >= 0.6 is 0 Å². The number of hydrogen-bond donors (Lipinski definition) is 0. The van der Waals surface area contributed by atoms with Crippen LogP contribution in [0.2, 0.25) is 0 Å². The molecule has 3 heterocycles. The molecule has 3 rings (SSSR count). The van der Waals surface area contributed by atoms with E-state index in [1.54, 1.807) is 6.20 Å². The monoisotopic (exact) mass is 351 g/mol. The van der Waals surface area contributed by atoms with Gasteiger partial charge in [-0.15, -0.1) is 0 Å². The predicted molar refractivity (Wildman–Crippen MR) is 89.6 cm³/mol. The maximum atomic E-state index is 12.9. The first-order valence-corrected chi connectivity index (χ1v) is 8.16. The second-order valence-corrected chi connectivity index (χ2v) is 6.17. The Labute approximate surface area is 144 Å². The maximum Gasteiger partial charge on any atom is 0.433 e. The summed E-state index contributed by atoms with van der Waals surface area (Å²) in [5, 5.41) is 0. The number of halogens is 3. The van der Waals surface area contributed by atoms with Crippen molar-refractivity contribution in [2.75, 3.05) is 29.9 Å². The summed E-state index contributed by atoms with van der Waals surface area (Å²) in [7, 11) is 2.00. The van der Waals surface area contributed by atoms with Crippen LogP contribution in [0, 0.1) is 6.92 Å². The van der Waals surface area contributed by atoms with Crippen molar-refractivity contribution < 1.29 is 13.2 Å². The van der Waals surface area contributed by atoms with Crippen LogP contribution in [-0.4, -0.2) is 41.1 Å². The number of rotatable bonds is 3. The number of alkyl halides is 3. The topological polar surface area (TPSA) is 45.2 Å². The molecule has 2 aromatic heterocycles. The average molecular weight is 351 g/mol. The van der Waals surface area contributed by atoms with Crippen LogP contribution in [-0.2, 0) is 6.18 Å². The van der Waals surface area contributed by atoms with E-state index in [9.17, 15) is 13.2 Å². The highest BCUT2D eigenvalue weighted by Gasteiger charge is 2.34. The Hall–Kier alpha value is -2.38. The van der Waals surface area contributed by atoms with Gasteiger partial charge in [-0.05, 0) is 31.9 Å². The van der Waals surface area contributed by atoms with Gasteiger partial charge in [-0.2, -0.15) is 13.2 Å². The van der Waals surface area contributed by atoms with Gasteiger partial charge in [0.2, 0.25) is 0 Å². The fraction of sp³-hybridized carbons (Fsp3) is 0.471. The number of anilines is 2. The van der Waals surface area contributed by atoms with E-state index in [2.05, 4.69) is 19.9 Å². The van der Waals surface area contributed by atoms with E-state index >= 15 is 0 Å². The van der Waals surface area contributed by atoms with Crippen molar-refractivity contribution in [2.24, 2.45) is 0 Å². The molecule has 134 valence electrons. The van der Waals surface area contributed by atoms with Crippen LogP contribution in [0.1, 0.15) is 24.4 Å². The Morgan fingerprint density at radius 2 is 1.88 bits per heavy atom. The number of piperidine rings is 1. The Morgan fingerprint density at radius 1 is 1.16 bits per heavy atom. The van der Waals surface area contributed by atoms with E-state index in [0.29, 0.717) is 24.9 Å². The molecule has 0 aromatic carbocycles. The Morgan fingerprint density at radius 3 is 2.48 bits per heavy atom. The number of hydrogen-bond acceptors (Lipinski definition) is 5. The molecule has 8 heteroatoms. The summed E-state index contributed by atoms with van der Waals surface area (Å²) in [6.45, 7) is 2.78. The highest BCUT2D eigenvalue weighted by molar-refractivity contribution is 5.43. The number of pyridine rings is 1. The van der Waals surface area contributed by atoms with Gasteiger partial charge in [0, 0.05) is 38.4 Å². The van der Waals surface area contributed by atoms with Crippen molar-refractivity contribution in [3.63, 3.8) is 0 Å². The third kappa shape index (κ3) is 4.00. The van der Waals surface area contributed by atoms with Gasteiger partial charge >= 0.3 is 6.18 Å². The van der Waals surface area contributed by atoms with Gasteiger partial charge < -0.3 is 9.80 Å². The molecule has 0 N–H and O–H groups in total. The van der Waals surface area contributed by atoms with Crippen molar-refractivity contribution in [3.8, 4) is 0 Å². The van der Waals surface area contributed by atoms with E-state index in [0.717, 1.165) is 24.7 Å². The lowest BCUT2D eigenvalue weighted by Crippen LogP contribution is -2.44. The minimum absolute atomic E-state index is 0.137. The van der Waals surface area contributed by atoms with Crippen LogP contribution in [0.5, 0.6) is 0 Å². The van der Waals surface area contributed by atoms with Crippen LogP contribution in [0.15, 0.2) is 30.5 Å². The van der Waals surface area contributed by atoms with Gasteiger partial charge in [0.15, 0.2) is 0 Å². The van der Waals surface area contributed by atoms with E-state index < -0.39 is 11.9 Å². The van der Waals surface area contributed by atoms with Gasteiger partial charge in [-0.25, -0.2) is 15.0 Å². The van der Waals surface area contributed by atoms with Crippen molar-refractivity contribution in [1.82, 2.24) is 15.0 Å². The van der Waals surface area contributed by atoms with Crippen LogP contribution < -0.4 is 9.80 Å². The van der Waals surface area contributed by atoms with Gasteiger partial charge in [0.05, 0.1) is 0 Å². The van der Waals surface area contributed by atoms with Gasteiger partial charge in [0.1, 0.15) is 23.2 Å². The first-order valence-electron chi connectivity index (χ1n) is 8.16. The third-order valence-corrected chi connectivity index (χ3v) is 4.46. The van der Waals surface area contributed by atoms with E-state index in [1.807, 2.05) is 30.1 Å². The molecule has 5 nitrogen and oxygen atoms in total. The third-order valence-electron chi connectivity index (χ3n) is 4.46. The summed E-state index contributed by atoms with van der Waals surface area (Å²) in [5.74, 6) is 1.38. The summed E-state index contributed by atoms with van der Waals surface area (Å²) in [5.41, 5.74) is -0.886. The summed E-state index contributed by atoms with van der Waals surface area (Å²) >= 11 is 0. The van der Waals surface area contributed by atoms with Crippen LogP contribution in [0.25, 0.3) is 0 Å². The zero-order valence-electron chi connectivity index (χ0n) is 14.2. The first-order chi connectivity index (χ1) is 11.8. The lowest BCUT2D eigenvalue weighted by atomic mass is 10.0. The largest absolute Gasteiger partial charge is 0.433 e. The second-order valence-electron chi connectivity index (χ2n) is 6.17. The van der Waals surface area contributed by atoms with E-state index in [-0.39, 0.29) is 5.82 Å². The molecule has 0 bridgehead atoms. The fourth-order valence-corrected chi connectivity index (χ4v) is 3.09. The van der Waals surface area contributed by atoms with Crippen molar-refractivity contribution in [2.45, 2.75) is 32.0 Å². The van der Waals surface area contributed by atoms with Crippen molar-refractivity contribution in [1.29, 1.82) is 0 Å². The first kappa shape index (κ1) is 17.4. The summed E-state index contributed by atoms with van der Waals surface area (Å²) in [6, 6.07) is 7.11. The molecule has 0 atom stereocenters. The predicted octanol–water partition coefficient (Wildman–Crippen LogP) is 3.30.